The largest absolute Gasteiger partial charge is 0.383 e. The maximum absolute atomic E-state index is 13.2. The Morgan fingerprint density at radius 1 is 0.886 bits per heavy atom. The molecule has 3 aliphatic carbocycles. The van der Waals surface area contributed by atoms with Gasteiger partial charge in [0.05, 0.1) is 17.9 Å². The fourth-order valence-electron chi connectivity index (χ4n) is 5.55. The first-order chi connectivity index (χ1) is 17.2. The number of rotatable bonds is 9. The molecule has 0 aliphatic heterocycles. The average Bonchev–Trinajstić information content (AvgIpc) is 2.91. The van der Waals surface area contributed by atoms with Crippen LogP contribution in [0.2, 0.25) is 0 Å². The number of hydrogen-bond donors (Lipinski definition) is 2. The summed E-state index contributed by atoms with van der Waals surface area (Å²) >= 11 is 1.38. The van der Waals surface area contributed by atoms with E-state index >= 15 is 0 Å². The fourth-order valence-corrected chi connectivity index (χ4v) is 6.43. The lowest BCUT2D eigenvalue weighted by Crippen LogP contribution is -2.39. The van der Waals surface area contributed by atoms with E-state index in [1.54, 1.807) is 7.11 Å². The van der Waals surface area contributed by atoms with Crippen molar-refractivity contribution < 1.29 is 14.3 Å². The van der Waals surface area contributed by atoms with Gasteiger partial charge in [0.15, 0.2) is 0 Å². The third kappa shape index (κ3) is 4.86. The van der Waals surface area contributed by atoms with E-state index in [2.05, 4.69) is 59.2 Å². The average molecular weight is 487 g/mol. The van der Waals surface area contributed by atoms with Crippen LogP contribution in [0.5, 0.6) is 0 Å². The van der Waals surface area contributed by atoms with Gasteiger partial charge in [0.1, 0.15) is 0 Å². The molecule has 6 heteroatoms. The molecule has 6 rings (SSSR count). The molecule has 2 N–H and O–H groups in total. The Hall–Kier alpha value is -3.09. The molecule has 0 aromatic heterocycles. The summed E-state index contributed by atoms with van der Waals surface area (Å²) in [4.78, 5) is 26.1. The predicted molar refractivity (Wildman–Crippen MR) is 139 cm³/mol. The SMILES string of the molecule is COCCNC(=O)CSc1ccccc1C(=O)NCC1CC2c3ccccc3C1c1ccccc12. The maximum atomic E-state index is 13.2. The monoisotopic (exact) mass is 486 g/mol. The first-order valence-corrected chi connectivity index (χ1v) is 13.1. The molecule has 3 aromatic rings. The van der Waals surface area contributed by atoms with Gasteiger partial charge < -0.3 is 15.4 Å². The highest BCUT2D eigenvalue weighted by Crippen LogP contribution is 2.55. The lowest BCUT2D eigenvalue weighted by molar-refractivity contribution is -0.118. The number of fused-ring (bicyclic) bond motifs is 1. The second-order valence-corrected chi connectivity index (χ2v) is 10.1. The highest BCUT2D eigenvalue weighted by atomic mass is 32.2. The highest BCUT2D eigenvalue weighted by molar-refractivity contribution is 8.00. The van der Waals surface area contributed by atoms with Crippen LogP contribution in [-0.2, 0) is 9.53 Å². The molecular formula is C29H30N2O3S. The van der Waals surface area contributed by atoms with Crippen molar-refractivity contribution in [1.29, 1.82) is 0 Å². The second kappa shape index (κ2) is 10.7. The summed E-state index contributed by atoms with van der Waals surface area (Å²) in [7, 11) is 1.60. The smallest absolute Gasteiger partial charge is 0.252 e. The minimum Gasteiger partial charge on any atom is -0.383 e. The summed E-state index contributed by atoms with van der Waals surface area (Å²) in [6.07, 6.45) is 1.04. The van der Waals surface area contributed by atoms with Gasteiger partial charge in [0.2, 0.25) is 5.91 Å². The van der Waals surface area contributed by atoms with Crippen LogP contribution < -0.4 is 10.6 Å². The molecule has 0 spiro atoms. The Balaban J connectivity index is 1.27. The van der Waals surface area contributed by atoms with Crippen LogP contribution in [0.15, 0.2) is 77.7 Å². The van der Waals surface area contributed by atoms with Gasteiger partial charge in [0, 0.05) is 36.9 Å². The van der Waals surface area contributed by atoms with Crippen molar-refractivity contribution in [2.24, 2.45) is 5.92 Å². The van der Waals surface area contributed by atoms with E-state index in [0.29, 0.717) is 43.0 Å². The molecule has 0 fully saturated rings. The standard InChI is InChI=1S/C29H30N2O3S/c1-34-15-14-30-27(32)18-35-26-13-7-6-12-24(26)29(33)31-17-19-16-25-20-8-2-4-10-22(20)28(19)23-11-5-3-9-21(23)25/h2-13,19,25,28H,14-18H2,1H3,(H,30,32)(H,31,33). The summed E-state index contributed by atoms with van der Waals surface area (Å²) in [6, 6.07) is 25.0. The number of thioether (sulfide) groups is 1. The zero-order chi connectivity index (χ0) is 24.2. The number of hydrogen-bond acceptors (Lipinski definition) is 4. The van der Waals surface area contributed by atoms with Crippen molar-refractivity contribution in [3.63, 3.8) is 0 Å². The van der Waals surface area contributed by atoms with Crippen molar-refractivity contribution in [3.8, 4) is 0 Å². The third-order valence-electron chi connectivity index (χ3n) is 7.07. The van der Waals surface area contributed by atoms with Crippen LogP contribution in [0.25, 0.3) is 0 Å². The Morgan fingerprint density at radius 3 is 2.20 bits per heavy atom. The summed E-state index contributed by atoms with van der Waals surface area (Å²) in [5.41, 5.74) is 6.28. The zero-order valence-corrected chi connectivity index (χ0v) is 20.6. The zero-order valence-electron chi connectivity index (χ0n) is 19.8. The molecule has 5 nitrogen and oxygen atoms in total. The van der Waals surface area contributed by atoms with Gasteiger partial charge in [-0.05, 0) is 46.7 Å². The number of carbonyl (C=O) groups excluding carboxylic acids is 2. The molecule has 3 aromatic carbocycles. The quantitative estimate of drug-likeness (QED) is 0.344. The summed E-state index contributed by atoms with van der Waals surface area (Å²) in [6.45, 7) is 1.58. The number of ether oxygens (including phenoxy) is 1. The fraction of sp³-hybridized carbons (Fsp3) is 0.310. The normalized spacial score (nSPS) is 19.5. The van der Waals surface area contributed by atoms with Crippen molar-refractivity contribution in [3.05, 3.63) is 101 Å². The molecule has 2 amide bonds. The van der Waals surface area contributed by atoms with Crippen LogP contribution in [0, 0.1) is 5.92 Å². The van der Waals surface area contributed by atoms with Crippen LogP contribution in [0.4, 0.5) is 0 Å². The van der Waals surface area contributed by atoms with Gasteiger partial charge in [-0.3, -0.25) is 9.59 Å². The van der Waals surface area contributed by atoms with Crippen LogP contribution in [0.3, 0.4) is 0 Å². The van der Waals surface area contributed by atoms with E-state index < -0.39 is 0 Å². The number of carbonyl (C=O) groups is 2. The molecule has 0 saturated carbocycles. The Morgan fingerprint density at radius 2 is 1.51 bits per heavy atom. The molecular weight excluding hydrogens is 456 g/mol. The minimum absolute atomic E-state index is 0.0715. The van der Waals surface area contributed by atoms with Gasteiger partial charge in [0.25, 0.3) is 5.91 Å². The minimum atomic E-state index is -0.0871. The van der Waals surface area contributed by atoms with E-state index in [1.807, 2.05) is 24.3 Å². The van der Waals surface area contributed by atoms with Gasteiger partial charge in [-0.25, -0.2) is 0 Å². The number of benzene rings is 3. The summed E-state index contributed by atoms with van der Waals surface area (Å²) in [5.74, 6) is 1.13. The maximum Gasteiger partial charge on any atom is 0.252 e. The van der Waals surface area contributed by atoms with Crippen molar-refractivity contribution in [2.45, 2.75) is 23.2 Å². The first-order valence-electron chi connectivity index (χ1n) is 12.1. The Bertz CT molecular complexity index is 1180. The molecule has 2 bridgehead atoms. The molecule has 1 atom stereocenters. The molecule has 35 heavy (non-hydrogen) atoms. The van der Waals surface area contributed by atoms with Gasteiger partial charge in [-0.2, -0.15) is 0 Å². The van der Waals surface area contributed by atoms with Crippen molar-refractivity contribution in [1.82, 2.24) is 10.6 Å². The van der Waals surface area contributed by atoms with Gasteiger partial charge in [-0.1, -0.05) is 60.7 Å². The predicted octanol–water partition coefficient (Wildman–Crippen LogP) is 4.57. The highest BCUT2D eigenvalue weighted by Gasteiger charge is 2.42. The van der Waals surface area contributed by atoms with Crippen LogP contribution in [0.1, 0.15) is 50.9 Å². The number of methoxy groups -OCH3 is 1. The molecule has 3 aliphatic rings. The van der Waals surface area contributed by atoms with Crippen LogP contribution >= 0.6 is 11.8 Å². The van der Waals surface area contributed by atoms with E-state index in [0.717, 1.165) is 11.3 Å². The second-order valence-electron chi connectivity index (χ2n) is 9.12. The van der Waals surface area contributed by atoms with E-state index in [9.17, 15) is 9.59 Å². The van der Waals surface area contributed by atoms with E-state index in [-0.39, 0.29) is 17.6 Å². The summed E-state index contributed by atoms with van der Waals surface area (Å²) in [5, 5.41) is 6.03. The van der Waals surface area contributed by atoms with Gasteiger partial charge >= 0.3 is 0 Å². The number of amides is 2. The Kier molecular flexibility index (Phi) is 7.21. The lowest BCUT2D eigenvalue weighted by atomic mass is 9.59. The van der Waals surface area contributed by atoms with Gasteiger partial charge in [-0.15, -0.1) is 11.8 Å². The molecule has 0 heterocycles. The number of nitrogens with one attached hydrogen (secondary N) is 2. The van der Waals surface area contributed by atoms with E-state index in [1.165, 1.54) is 34.0 Å². The Labute approximate surface area is 210 Å². The van der Waals surface area contributed by atoms with Crippen molar-refractivity contribution in [2.75, 3.05) is 32.6 Å². The molecule has 180 valence electrons. The third-order valence-corrected chi connectivity index (χ3v) is 8.14. The topological polar surface area (TPSA) is 67.4 Å². The van der Waals surface area contributed by atoms with E-state index in [4.69, 9.17) is 4.74 Å². The first kappa shape index (κ1) is 23.6. The van der Waals surface area contributed by atoms with Crippen LogP contribution in [-0.4, -0.2) is 44.4 Å². The molecule has 1 unspecified atom stereocenters. The van der Waals surface area contributed by atoms with Crippen molar-refractivity contribution >= 4 is 23.6 Å². The lowest BCUT2D eigenvalue weighted by Gasteiger charge is -2.45. The molecule has 0 radical (unpaired) electrons. The summed E-state index contributed by atoms with van der Waals surface area (Å²) < 4.78 is 4.97. The molecule has 0 saturated heterocycles.